The van der Waals surface area contributed by atoms with E-state index in [0.29, 0.717) is 17.2 Å². The van der Waals surface area contributed by atoms with E-state index in [9.17, 15) is 19.5 Å². The van der Waals surface area contributed by atoms with Gasteiger partial charge in [-0.25, -0.2) is 9.78 Å². The Morgan fingerprint density at radius 1 is 1.00 bits per heavy atom. The lowest BCUT2D eigenvalue weighted by Crippen LogP contribution is -2.24. The van der Waals surface area contributed by atoms with Crippen LogP contribution in [0.25, 0.3) is 10.2 Å². The third-order valence-corrected chi connectivity index (χ3v) is 7.50. The number of rotatable bonds is 8. The summed E-state index contributed by atoms with van der Waals surface area (Å²) in [5.41, 5.74) is 2.51. The predicted molar refractivity (Wildman–Crippen MR) is 141 cm³/mol. The Balaban J connectivity index is 1.45. The molecule has 1 atom stereocenters. The molecule has 0 saturated carbocycles. The van der Waals surface area contributed by atoms with Crippen LogP contribution in [0.1, 0.15) is 39.6 Å². The Morgan fingerprint density at radius 3 is 2.51 bits per heavy atom. The summed E-state index contributed by atoms with van der Waals surface area (Å²) in [5.74, 6) is -1.82. The Bertz CT molecular complexity index is 1420. The number of nitrogens with zero attached hydrogens (tertiary/aromatic N) is 1. The lowest BCUT2D eigenvalue weighted by atomic mass is 10.1. The highest BCUT2D eigenvalue weighted by Crippen LogP contribution is 2.31. The van der Waals surface area contributed by atoms with Crippen LogP contribution in [0.15, 0.2) is 71.6 Å². The van der Waals surface area contributed by atoms with Gasteiger partial charge >= 0.3 is 5.97 Å². The maximum Gasteiger partial charge on any atom is 0.336 e. The van der Waals surface area contributed by atoms with Gasteiger partial charge in [-0.05, 0) is 61.4 Å². The number of thiazole rings is 1. The summed E-state index contributed by atoms with van der Waals surface area (Å²) in [4.78, 5) is 42.4. The zero-order valence-corrected chi connectivity index (χ0v) is 20.7. The molecule has 4 aromatic rings. The van der Waals surface area contributed by atoms with Crippen LogP contribution in [-0.4, -0.2) is 33.1 Å². The molecule has 0 aliphatic carbocycles. The van der Waals surface area contributed by atoms with Crippen LogP contribution < -0.4 is 10.6 Å². The summed E-state index contributed by atoms with van der Waals surface area (Å²) in [6.07, 6.45) is 0.600. The average molecular weight is 506 g/mol. The lowest BCUT2D eigenvalue weighted by molar-refractivity contribution is -0.115. The summed E-state index contributed by atoms with van der Waals surface area (Å²) in [5, 5.41) is 15.2. The van der Waals surface area contributed by atoms with Gasteiger partial charge in [0.15, 0.2) is 5.13 Å². The number of benzene rings is 3. The molecule has 1 aromatic heterocycles. The molecule has 0 fully saturated rings. The number of nitrogens with one attached hydrogen (secondary N) is 2. The topological polar surface area (TPSA) is 108 Å². The van der Waals surface area contributed by atoms with Crippen LogP contribution in [0, 0.1) is 6.92 Å². The van der Waals surface area contributed by atoms with Crippen LogP contribution in [0.4, 0.5) is 10.8 Å². The van der Waals surface area contributed by atoms with Crippen molar-refractivity contribution in [3.8, 4) is 0 Å². The van der Waals surface area contributed by atoms with Crippen molar-refractivity contribution in [3.05, 3.63) is 83.4 Å². The first-order valence-electron chi connectivity index (χ1n) is 10.9. The van der Waals surface area contributed by atoms with Crippen molar-refractivity contribution in [2.24, 2.45) is 0 Å². The number of carbonyl (C=O) groups excluding carboxylic acids is 2. The molecule has 0 saturated heterocycles. The molecule has 3 aromatic carbocycles. The Kier molecular flexibility index (Phi) is 7.48. The normalized spacial score (nSPS) is 11.7. The highest BCUT2D eigenvalue weighted by Gasteiger charge is 2.20. The molecule has 0 spiro atoms. The van der Waals surface area contributed by atoms with Crippen LogP contribution in [0.5, 0.6) is 0 Å². The monoisotopic (exact) mass is 505 g/mol. The molecule has 0 aliphatic rings. The van der Waals surface area contributed by atoms with Crippen molar-refractivity contribution in [2.75, 3.05) is 10.6 Å². The number of aromatic nitrogens is 1. The molecule has 7 nitrogen and oxygen atoms in total. The van der Waals surface area contributed by atoms with Gasteiger partial charge in [-0.3, -0.25) is 9.59 Å². The minimum atomic E-state index is -1.17. The van der Waals surface area contributed by atoms with Crippen LogP contribution in [-0.2, 0) is 4.79 Å². The number of amides is 2. The van der Waals surface area contributed by atoms with Crippen LogP contribution in [0.2, 0.25) is 0 Å². The van der Waals surface area contributed by atoms with E-state index in [1.165, 1.54) is 35.2 Å². The first kappa shape index (κ1) is 24.4. The number of thioether (sulfide) groups is 1. The number of hydrogen-bond donors (Lipinski definition) is 3. The largest absolute Gasteiger partial charge is 0.478 e. The Labute approximate surface area is 210 Å². The number of carboxylic acid groups (broad SMARTS) is 1. The number of hydrogen-bond acceptors (Lipinski definition) is 6. The van der Waals surface area contributed by atoms with E-state index >= 15 is 0 Å². The number of aryl methyl sites for hydroxylation is 1. The minimum Gasteiger partial charge on any atom is -0.478 e. The standard InChI is InChI=1S/C26H23N3O4S2/c1-3-21(24(31)29-26-28-20-12-11-15(2)13-22(20)35-26)34-17-8-6-7-16(14-17)27-23(30)18-9-4-5-10-19(18)25(32)33/h4-14,21H,3H2,1-2H3,(H,27,30)(H,32,33)(H,28,29,31). The second-order valence-electron chi connectivity index (χ2n) is 7.83. The van der Waals surface area contributed by atoms with Crippen molar-refractivity contribution in [2.45, 2.75) is 30.4 Å². The maximum absolute atomic E-state index is 13.0. The van der Waals surface area contributed by atoms with Crippen molar-refractivity contribution in [1.82, 2.24) is 4.98 Å². The molecule has 2 amide bonds. The summed E-state index contributed by atoms with van der Waals surface area (Å²) < 4.78 is 1.02. The van der Waals surface area contributed by atoms with Crippen molar-refractivity contribution in [1.29, 1.82) is 0 Å². The van der Waals surface area contributed by atoms with Crippen LogP contribution >= 0.6 is 23.1 Å². The fourth-order valence-electron chi connectivity index (χ4n) is 3.47. The molecule has 4 rings (SSSR count). The molecular formula is C26H23N3O4S2. The summed E-state index contributed by atoms with van der Waals surface area (Å²) in [6, 6.07) is 19.2. The predicted octanol–water partition coefficient (Wildman–Crippen LogP) is 6.06. The summed E-state index contributed by atoms with van der Waals surface area (Å²) >= 11 is 2.83. The van der Waals surface area contributed by atoms with Gasteiger partial charge < -0.3 is 15.7 Å². The molecule has 0 radical (unpaired) electrons. The molecule has 1 unspecified atom stereocenters. The molecule has 9 heteroatoms. The van der Waals surface area contributed by atoms with Crippen LogP contribution in [0.3, 0.4) is 0 Å². The van der Waals surface area contributed by atoms with Gasteiger partial charge in [-0.1, -0.05) is 42.5 Å². The SMILES string of the molecule is CCC(Sc1cccc(NC(=O)c2ccccc2C(=O)O)c1)C(=O)Nc1nc2ccc(C)cc2s1. The van der Waals surface area contributed by atoms with E-state index in [0.717, 1.165) is 20.7 Å². The van der Waals surface area contributed by atoms with Gasteiger partial charge in [-0.2, -0.15) is 0 Å². The van der Waals surface area contributed by atoms with E-state index in [1.807, 2.05) is 38.1 Å². The highest BCUT2D eigenvalue weighted by molar-refractivity contribution is 8.00. The molecular weight excluding hydrogens is 482 g/mol. The number of carboxylic acids is 1. The van der Waals surface area contributed by atoms with E-state index < -0.39 is 11.9 Å². The van der Waals surface area contributed by atoms with Gasteiger partial charge in [0.25, 0.3) is 5.91 Å². The molecule has 0 bridgehead atoms. The Hall–Kier alpha value is -3.69. The molecule has 35 heavy (non-hydrogen) atoms. The second kappa shape index (κ2) is 10.7. The zero-order valence-electron chi connectivity index (χ0n) is 19.1. The average Bonchev–Trinajstić information content (AvgIpc) is 3.23. The van der Waals surface area contributed by atoms with Gasteiger partial charge in [0.05, 0.1) is 26.6 Å². The molecule has 3 N–H and O–H groups in total. The lowest BCUT2D eigenvalue weighted by Gasteiger charge is -2.14. The molecule has 178 valence electrons. The van der Waals surface area contributed by atoms with E-state index in [1.54, 1.807) is 30.3 Å². The third kappa shape index (κ3) is 5.87. The summed E-state index contributed by atoms with van der Waals surface area (Å²) in [7, 11) is 0. The van der Waals surface area contributed by atoms with E-state index in [-0.39, 0.29) is 22.3 Å². The smallest absolute Gasteiger partial charge is 0.336 e. The fourth-order valence-corrected chi connectivity index (χ4v) is 5.45. The number of fused-ring (bicyclic) bond motifs is 1. The second-order valence-corrected chi connectivity index (χ2v) is 10.1. The number of carbonyl (C=O) groups is 3. The third-order valence-electron chi connectivity index (χ3n) is 5.21. The van der Waals surface area contributed by atoms with Crippen molar-refractivity contribution in [3.63, 3.8) is 0 Å². The quantitative estimate of drug-likeness (QED) is 0.251. The summed E-state index contributed by atoms with van der Waals surface area (Å²) in [6.45, 7) is 3.95. The first-order chi connectivity index (χ1) is 16.8. The first-order valence-corrected chi connectivity index (χ1v) is 12.6. The minimum absolute atomic E-state index is 0.0664. The van der Waals surface area contributed by atoms with E-state index in [4.69, 9.17) is 0 Å². The van der Waals surface area contributed by atoms with Gasteiger partial charge in [0.1, 0.15) is 0 Å². The molecule has 1 heterocycles. The van der Waals surface area contributed by atoms with Crippen molar-refractivity contribution < 1.29 is 19.5 Å². The Morgan fingerprint density at radius 2 is 1.77 bits per heavy atom. The van der Waals surface area contributed by atoms with Gasteiger partial charge in [-0.15, -0.1) is 11.8 Å². The van der Waals surface area contributed by atoms with Crippen molar-refractivity contribution >= 4 is 61.9 Å². The molecule has 0 aliphatic heterocycles. The van der Waals surface area contributed by atoms with E-state index in [2.05, 4.69) is 15.6 Å². The number of aromatic carboxylic acids is 1. The van der Waals surface area contributed by atoms with Gasteiger partial charge in [0.2, 0.25) is 5.91 Å². The highest BCUT2D eigenvalue weighted by atomic mass is 32.2. The van der Waals surface area contributed by atoms with Gasteiger partial charge in [0, 0.05) is 10.6 Å². The number of anilines is 2. The zero-order chi connectivity index (χ0) is 24.9. The fraction of sp³-hybridized carbons (Fsp3) is 0.154. The maximum atomic E-state index is 13.0.